The van der Waals surface area contributed by atoms with E-state index in [-0.39, 0.29) is 24.5 Å². The van der Waals surface area contributed by atoms with Gasteiger partial charge >= 0.3 is 0 Å². The summed E-state index contributed by atoms with van der Waals surface area (Å²) in [5, 5.41) is 9.37. The number of unbranched alkanes of at least 4 members (excludes halogenated alkanes) is 1. The molecule has 8 nitrogen and oxygen atoms in total. The Kier molecular flexibility index (Phi) is 7.36. The molecule has 3 saturated heterocycles. The van der Waals surface area contributed by atoms with Crippen LogP contribution < -0.4 is 9.47 Å². The molecule has 5 aliphatic rings. The SMILES string of the molecule is CCCCN(CCCO)C1OC1CN1C[C@H](c2ccc3c(c2)OCO3)CC12CC2CCN1CCCC1=O. The van der Waals surface area contributed by atoms with E-state index in [2.05, 4.69) is 39.8 Å². The molecule has 0 bridgehead atoms. The van der Waals surface area contributed by atoms with Crippen molar-refractivity contribution in [3.8, 4) is 11.5 Å². The van der Waals surface area contributed by atoms with Crippen LogP contribution in [-0.4, -0.2) is 96.3 Å². The van der Waals surface area contributed by atoms with Gasteiger partial charge < -0.3 is 24.2 Å². The van der Waals surface area contributed by atoms with Gasteiger partial charge in [-0.2, -0.15) is 0 Å². The van der Waals surface area contributed by atoms with Crippen molar-refractivity contribution in [3.05, 3.63) is 23.8 Å². The number of fused-ring (bicyclic) bond motifs is 1. The van der Waals surface area contributed by atoms with Crippen molar-refractivity contribution in [2.24, 2.45) is 5.92 Å². The molecule has 1 aliphatic carbocycles. The Labute approximate surface area is 220 Å². The summed E-state index contributed by atoms with van der Waals surface area (Å²) in [6, 6.07) is 6.46. The van der Waals surface area contributed by atoms with E-state index in [1.807, 2.05) is 0 Å². The van der Waals surface area contributed by atoms with Crippen LogP contribution in [0.5, 0.6) is 11.5 Å². The number of ether oxygens (including phenoxy) is 3. The number of hydrogen-bond acceptors (Lipinski definition) is 7. The number of carbonyl (C=O) groups is 1. The average molecular weight is 514 g/mol. The quantitative estimate of drug-likeness (QED) is 0.406. The third-order valence-corrected chi connectivity index (χ3v) is 9.38. The lowest BCUT2D eigenvalue weighted by Gasteiger charge is -2.26. The molecule has 37 heavy (non-hydrogen) atoms. The van der Waals surface area contributed by atoms with Crippen LogP contribution in [0.1, 0.15) is 69.8 Å². The molecule has 4 unspecified atom stereocenters. The van der Waals surface area contributed by atoms with Crippen molar-refractivity contribution in [1.29, 1.82) is 0 Å². The van der Waals surface area contributed by atoms with E-state index >= 15 is 0 Å². The Balaban J connectivity index is 1.13. The van der Waals surface area contributed by atoms with E-state index in [1.165, 1.54) is 18.4 Å². The molecule has 0 radical (unpaired) electrons. The van der Waals surface area contributed by atoms with Gasteiger partial charge in [0.05, 0.1) is 0 Å². The zero-order chi connectivity index (χ0) is 25.4. The molecular weight excluding hydrogens is 470 g/mol. The van der Waals surface area contributed by atoms with Gasteiger partial charge in [-0.25, -0.2) is 0 Å². The molecule has 1 spiro atoms. The fraction of sp³-hybridized carbons (Fsp3) is 0.759. The van der Waals surface area contributed by atoms with Gasteiger partial charge in [0, 0.05) is 57.8 Å². The Morgan fingerprint density at radius 1 is 1.16 bits per heavy atom. The number of rotatable bonds is 13. The fourth-order valence-electron chi connectivity index (χ4n) is 7.15. The van der Waals surface area contributed by atoms with Gasteiger partial charge in [-0.3, -0.25) is 14.6 Å². The van der Waals surface area contributed by atoms with E-state index in [0.29, 0.717) is 24.5 Å². The van der Waals surface area contributed by atoms with Crippen LogP contribution in [-0.2, 0) is 9.53 Å². The molecule has 1 saturated carbocycles. The van der Waals surface area contributed by atoms with Crippen LogP contribution in [0.2, 0.25) is 0 Å². The molecule has 204 valence electrons. The van der Waals surface area contributed by atoms with Gasteiger partial charge in [0.15, 0.2) is 11.5 Å². The number of hydrogen-bond donors (Lipinski definition) is 1. The highest BCUT2D eigenvalue weighted by Crippen LogP contribution is 2.60. The summed E-state index contributed by atoms with van der Waals surface area (Å²) in [6.45, 7) is 8.54. The van der Waals surface area contributed by atoms with Crippen LogP contribution in [0.3, 0.4) is 0 Å². The zero-order valence-corrected chi connectivity index (χ0v) is 22.3. The van der Waals surface area contributed by atoms with Gasteiger partial charge in [0.1, 0.15) is 12.3 Å². The monoisotopic (exact) mass is 513 g/mol. The highest BCUT2D eigenvalue weighted by Gasteiger charge is 2.63. The molecule has 5 atom stereocenters. The van der Waals surface area contributed by atoms with E-state index in [1.54, 1.807) is 0 Å². The lowest BCUT2D eigenvalue weighted by molar-refractivity contribution is -0.127. The first-order valence-electron chi connectivity index (χ1n) is 14.5. The molecule has 1 N–H and O–H groups in total. The van der Waals surface area contributed by atoms with Crippen molar-refractivity contribution >= 4 is 5.91 Å². The first-order chi connectivity index (χ1) is 18.1. The third kappa shape index (κ3) is 5.22. The van der Waals surface area contributed by atoms with Crippen molar-refractivity contribution in [1.82, 2.24) is 14.7 Å². The molecule has 4 heterocycles. The second-order valence-electron chi connectivity index (χ2n) is 11.7. The molecule has 0 aromatic heterocycles. The summed E-state index contributed by atoms with van der Waals surface area (Å²) in [7, 11) is 0. The largest absolute Gasteiger partial charge is 0.454 e. The van der Waals surface area contributed by atoms with E-state index < -0.39 is 0 Å². The van der Waals surface area contributed by atoms with Gasteiger partial charge in [-0.1, -0.05) is 19.4 Å². The summed E-state index contributed by atoms with van der Waals surface area (Å²) in [5.41, 5.74) is 1.56. The maximum absolute atomic E-state index is 12.2. The number of aliphatic hydroxyl groups excluding tert-OH is 1. The Bertz CT molecular complexity index is 967. The number of epoxide rings is 1. The molecule has 1 aromatic carbocycles. The van der Waals surface area contributed by atoms with Gasteiger partial charge in [-0.15, -0.1) is 0 Å². The van der Waals surface area contributed by atoms with Crippen molar-refractivity contribution in [2.75, 3.05) is 52.7 Å². The van der Waals surface area contributed by atoms with E-state index in [9.17, 15) is 9.90 Å². The number of likely N-dealkylation sites (tertiary alicyclic amines) is 2. The number of carbonyl (C=O) groups excluding carboxylic acids is 1. The summed E-state index contributed by atoms with van der Waals surface area (Å²) >= 11 is 0. The normalized spacial score (nSPS) is 32.3. The maximum atomic E-state index is 12.2. The second-order valence-corrected chi connectivity index (χ2v) is 11.7. The lowest BCUT2D eigenvalue weighted by Crippen LogP contribution is -2.39. The van der Waals surface area contributed by atoms with Crippen molar-refractivity contribution in [2.45, 2.75) is 82.1 Å². The minimum absolute atomic E-state index is 0.180. The molecule has 8 heteroatoms. The average Bonchev–Trinajstić information content (AvgIpc) is 3.60. The zero-order valence-electron chi connectivity index (χ0n) is 22.3. The molecular formula is C29H43N3O5. The van der Waals surface area contributed by atoms with Crippen LogP contribution in [0.25, 0.3) is 0 Å². The molecule has 4 fully saturated rings. The molecule has 4 aliphatic heterocycles. The summed E-state index contributed by atoms with van der Waals surface area (Å²) in [4.78, 5) is 19.4. The Hall–Kier alpha value is -1.87. The van der Waals surface area contributed by atoms with Crippen molar-refractivity contribution < 1.29 is 24.1 Å². The van der Waals surface area contributed by atoms with Crippen LogP contribution in [0.15, 0.2) is 18.2 Å². The smallest absolute Gasteiger partial charge is 0.231 e. The predicted octanol–water partition coefficient (Wildman–Crippen LogP) is 3.19. The maximum Gasteiger partial charge on any atom is 0.231 e. The summed E-state index contributed by atoms with van der Waals surface area (Å²) in [6.07, 6.45) is 8.76. The fourth-order valence-corrected chi connectivity index (χ4v) is 7.15. The molecule has 6 rings (SSSR count). The molecule has 1 amide bonds. The standard InChI is InChI=1S/C29H43N3O5/c1-2-3-10-31(12-5-14-33)28-26(37-28)19-32-18-22(21-7-8-24-25(15-21)36-20-35-24)16-29(32)17-23(29)9-13-30-11-4-6-27(30)34/h7-8,15,22-23,26,28,33H,2-6,9-14,16-20H2,1H3/t22-,23?,26?,28?,29?/m1/s1. The summed E-state index contributed by atoms with van der Waals surface area (Å²) in [5.74, 6) is 3.15. The Morgan fingerprint density at radius 2 is 2.03 bits per heavy atom. The number of aliphatic hydroxyl groups is 1. The minimum atomic E-state index is 0.180. The Morgan fingerprint density at radius 3 is 2.84 bits per heavy atom. The second kappa shape index (κ2) is 10.7. The van der Waals surface area contributed by atoms with Crippen LogP contribution in [0, 0.1) is 5.92 Å². The number of nitrogens with zero attached hydrogens (tertiary/aromatic N) is 3. The van der Waals surface area contributed by atoms with Crippen molar-refractivity contribution in [3.63, 3.8) is 0 Å². The van der Waals surface area contributed by atoms with Crippen LogP contribution >= 0.6 is 0 Å². The topological polar surface area (TPSA) is 78.0 Å². The predicted molar refractivity (Wildman–Crippen MR) is 140 cm³/mol. The van der Waals surface area contributed by atoms with Gasteiger partial charge in [0.25, 0.3) is 0 Å². The third-order valence-electron chi connectivity index (χ3n) is 9.38. The summed E-state index contributed by atoms with van der Waals surface area (Å²) < 4.78 is 17.5. The van der Waals surface area contributed by atoms with Gasteiger partial charge in [0.2, 0.25) is 12.7 Å². The van der Waals surface area contributed by atoms with E-state index in [0.717, 1.165) is 89.3 Å². The minimum Gasteiger partial charge on any atom is -0.454 e. The lowest BCUT2D eigenvalue weighted by atomic mass is 9.94. The van der Waals surface area contributed by atoms with Gasteiger partial charge in [-0.05, 0) is 68.1 Å². The highest BCUT2D eigenvalue weighted by molar-refractivity contribution is 5.78. The highest BCUT2D eigenvalue weighted by atomic mass is 16.7. The van der Waals surface area contributed by atoms with Crippen LogP contribution in [0.4, 0.5) is 0 Å². The first kappa shape index (κ1) is 25.4. The number of amides is 1. The molecule has 1 aromatic rings. The van der Waals surface area contributed by atoms with E-state index in [4.69, 9.17) is 14.2 Å². The number of benzene rings is 1. The first-order valence-corrected chi connectivity index (χ1v) is 14.5.